The molecule has 0 amide bonds. The van der Waals surface area contributed by atoms with Crippen LogP contribution in [0.25, 0.3) is 0 Å². The van der Waals surface area contributed by atoms with Crippen molar-refractivity contribution in [3.05, 3.63) is 47.5 Å². The normalized spacial score (nSPS) is 22.2. The summed E-state index contributed by atoms with van der Waals surface area (Å²) in [6, 6.07) is 10.7. The lowest BCUT2D eigenvalue weighted by atomic mass is 10.2. The van der Waals surface area contributed by atoms with E-state index in [2.05, 4.69) is 18.2 Å². The number of nitrogens with two attached hydrogens (primary N) is 1. The van der Waals surface area contributed by atoms with Crippen LogP contribution in [0.15, 0.2) is 42.0 Å². The largest absolute Gasteiger partial charge is 0.376 e. The number of hydrogen-bond acceptors (Lipinski definition) is 2. The van der Waals surface area contributed by atoms with E-state index in [1.165, 1.54) is 17.6 Å². The average molecular weight is 231 g/mol. The zero-order valence-electron chi connectivity index (χ0n) is 10.3. The highest BCUT2D eigenvalue weighted by molar-refractivity contribution is 5.13. The molecule has 0 saturated heterocycles. The minimum Gasteiger partial charge on any atom is -0.376 e. The van der Waals surface area contributed by atoms with E-state index in [9.17, 15) is 0 Å². The van der Waals surface area contributed by atoms with Gasteiger partial charge in [0.15, 0.2) is 0 Å². The quantitative estimate of drug-likeness (QED) is 0.624. The van der Waals surface area contributed by atoms with Gasteiger partial charge >= 0.3 is 0 Å². The van der Waals surface area contributed by atoms with E-state index in [0.717, 1.165) is 25.9 Å². The lowest BCUT2D eigenvalue weighted by molar-refractivity contribution is 0.125. The van der Waals surface area contributed by atoms with Gasteiger partial charge in [-0.1, -0.05) is 42.0 Å². The van der Waals surface area contributed by atoms with Crippen molar-refractivity contribution < 1.29 is 4.74 Å². The predicted octanol–water partition coefficient (Wildman–Crippen LogP) is 3.03. The van der Waals surface area contributed by atoms with Gasteiger partial charge in [0.25, 0.3) is 0 Å². The molecule has 0 aliphatic heterocycles. The molecule has 17 heavy (non-hydrogen) atoms. The molecule has 1 aromatic carbocycles. The molecule has 1 fully saturated rings. The summed E-state index contributed by atoms with van der Waals surface area (Å²) in [5, 5.41) is 0. The molecular weight excluding hydrogens is 210 g/mol. The van der Waals surface area contributed by atoms with Gasteiger partial charge in [0.2, 0.25) is 0 Å². The van der Waals surface area contributed by atoms with E-state index in [-0.39, 0.29) is 0 Å². The maximum absolute atomic E-state index is 5.86. The van der Waals surface area contributed by atoms with Gasteiger partial charge in [0, 0.05) is 6.04 Å². The van der Waals surface area contributed by atoms with Crippen LogP contribution in [-0.2, 0) is 11.3 Å². The fraction of sp³-hybridized carbons (Fsp3) is 0.467. The second-order valence-electron chi connectivity index (χ2n) is 4.69. The SMILES string of the molecule is NC1CC/C(=C/CCOCc2ccccc2)C1. The highest BCUT2D eigenvalue weighted by atomic mass is 16.5. The molecule has 1 unspecified atom stereocenters. The van der Waals surface area contributed by atoms with Crippen molar-refractivity contribution in [2.45, 2.75) is 38.3 Å². The molecule has 0 heterocycles. The Morgan fingerprint density at radius 1 is 1.29 bits per heavy atom. The van der Waals surface area contributed by atoms with Gasteiger partial charge < -0.3 is 10.5 Å². The molecule has 1 aromatic rings. The monoisotopic (exact) mass is 231 g/mol. The van der Waals surface area contributed by atoms with Crippen molar-refractivity contribution in [2.24, 2.45) is 5.73 Å². The molecule has 0 radical (unpaired) electrons. The zero-order chi connectivity index (χ0) is 11.9. The number of benzene rings is 1. The van der Waals surface area contributed by atoms with Crippen LogP contribution in [0.5, 0.6) is 0 Å². The van der Waals surface area contributed by atoms with E-state index in [1.807, 2.05) is 18.2 Å². The summed E-state index contributed by atoms with van der Waals surface area (Å²) in [5.41, 5.74) is 8.61. The molecule has 1 aliphatic rings. The maximum Gasteiger partial charge on any atom is 0.0717 e. The summed E-state index contributed by atoms with van der Waals surface area (Å²) >= 11 is 0. The molecule has 2 heteroatoms. The number of ether oxygens (including phenoxy) is 1. The summed E-state index contributed by atoms with van der Waals surface area (Å²) in [6.07, 6.45) is 6.72. The average Bonchev–Trinajstić information content (AvgIpc) is 2.76. The van der Waals surface area contributed by atoms with Crippen LogP contribution < -0.4 is 5.73 Å². The second kappa shape index (κ2) is 6.58. The van der Waals surface area contributed by atoms with Gasteiger partial charge in [-0.15, -0.1) is 0 Å². The summed E-state index contributed by atoms with van der Waals surface area (Å²) in [7, 11) is 0. The van der Waals surface area contributed by atoms with Crippen LogP contribution in [0, 0.1) is 0 Å². The first-order chi connectivity index (χ1) is 8.34. The fourth-order valence-corrected chi connectivity index (χ4v) is 2.21. The van der Waals surface area contributed by atoms with E-state index in [0.29, 0.717) is 12.6 Å². The van der Waals surface area contributed by atoms with Crippen molar-refractivity contribution in [3.8, 4) is 0 Å². The molecule has 0 spiro atoms. The molecule has 2 nitrogen and oxygen atoms in total. The van der Waals surface area contributed by atoms with E-state index in [4.69, 9.17) is 10.5 Å². The Kier molecular flexibility index (Phi) is 4.77. The Balaban J connectivity index is 1.61. The Morgan fingerprint density at radius 2 is 2.12 bits per heavy atom. The fourth-order valence-electron chi connectivity index (χ4n) is 2.21. The summed E-state index contributed by atoms with van der Waals surface area (Å²) in [4.78, 5) is 0. The van der Waals surface area contributed by atoms with Crippen LogP contribution in [0.2, 0.25) is 0 Å². The van der Waals surface area contributed by atoms with Crippen molar-refractivity contribution in [3.63, 3.8) is 0 Å². The van der Waals surface area contributed by atoms with Gasteiger partial charge in [-0.3, -0.25) is 0 Å². The van der Waals surface area contributed by atoms with E-state index < -0.39 is 0 Å². The maximum atomic E-state index is 5.86. The third-order valence-corrected chi connectivity index (χ3v) is 3.17. The highest BCUT2D eigenvalue weighted by Gasteiger charge is 2.14. The van der Waals surface area contributed by atoms with Crippen molar-refractivity contribution in [1.29, 1.82) is 0 Å². The molecule has 0 aromatic heterocycles. The van der Waals surface area contributed by atoms with E-state index >= 15 is 0 Å². The molecule has 0 bridgehead atoms. The van der Waals surface area contributed by atoms with Crippen molar-refractivity contribution >= 4 is 0 Å². The Morgan fingerprint density at radius 3 is 2.82 bits per heavy atom. The van der Waals surface area contributed by atoms with E-state index in [1.54, 1.807) is 0 Å². The zero-order valence-corrected chi connectivity index (χ0v) is 10.3. The first-order valence-corrected chi connectivity index (χ1v) is 6.40. The Labute approximate surface area is 103 Å². The van der Waals surface area contributed by atoms with Crippen molar-refractivity contribution in [1.82, 2.24) is 0 Å². The molecule has 1 saturated carbocycles. The molecule has 1 atom stereocenters. The number of hydrogen-bond donors (Lipinski definition) is 1. The Hall–Kier alpha value is -1.12. The first-order valence-electron chi connectivity index (χ1n) is 6.40. The smallest absolute Gasteiger partial charge is 0.0717 e. The van der Waals surface area contributed by atoms with Crippen LogP contribution >= 0.6 is 0 Å². The molecule has 1 aliphatic carbocycles. The third-order valence-electron chi connectivity index (χ3n) is 3.17. The summed E-state index contributed by atoms with van der Waals surface area (Å²) < 4.78 is 5.63. The van der Waals surface area contributed by atoms with Crippen LogP contribution in [0.1, 0.15) is 31.2 Å². The summed E-state index contributed by atoms with van der Waals surface area (Å²) in [5.74, 6) is 0. The van der Waals surface area contributed by atoms with Crippen molar-refractivity contribution in [2.75, 3.05) is 6.61 Å². The lowest BCUT2D eigenvalue weighted by Gasteiger charge is -2.03. The summed E-state index contributed by atoms with van der Waals surface area (Å²) in [6.45, 7) is 1.51. The predicted molar refractivity (Wildman–Crippen MR) is 70.6 cm³/mol. The topological polar surface area (TPSA) is 35.2 Å². The van der Waals surface area contributed by atoms with Crippen LogP contribution in [-0.4, -0.2) is 12.6 Å². The minimum absolute atomic E-state index is 0.395. The lowest BCUT2D eigenvalue weighted by Crippen LogP contribution is -2.13. The molecule has 2 N–H and O–H groups in total. The minimum atomic E-state index is 0.395. The number of rotatable bonds is 5. The van der Waals surface area contributed by atoms with Gasteiger partial charge in [-0.05, 0) is 31.2 Å². The second-order valence-corrected chi connectivity index (χ2v) is 4.69. The highest BCUT2D eigenvalue weighted by Crippen LogP contribution is 2.23. The Bertz CT molecular complexity index is 358. The first kappa shape index (κ1) is 12.3. The molecule has 2 rings (SSSR count). The standard InChI is InChI=1S/C15H21NO/c16-15-9-8-13(11-15)7-4-10-17-12-14-5-2-1-3-6-14/h1-3,5-7,15H,4,8-12,16H2/b13-7-. The van der Waals surface area contributed by atoms with Gasteiger partial charge in [0.1, 0.15) is 0 Å². The third kappa shape index (κ3) is 4.33. The van der Waals surface area contributed by atoms with Gasteiger partial charge in [0.05, 0.1) is 13.2 Å². The van der Waals surface area contributed by atoms with Crippen LogP contribution in [0.4, 0.5) is 0 Å². The van der Waals surface area contributed by atoms with Gasteiger partial charge in [-0.25, -0.2) is 0 Å². The van der Waals surface area contributed by atoms with Crippen LogP contribution in [0.3, 0.4) is 0 Å². The molecular formula is C15H21NO. The molecule has 92 valence electrons. The van der Waals surface area contributed by atoms with Gasteiger partial charge in [-0.2, -0.15) is 0 Å².